The van der Waals surface area contributed by atoms with Crippen LogP contribution in [0.15, 0.2) is 24.3 Å². The molecule has 0 aliphatic heterocycles. The lowest BCUT2D eigenvalue weighted by Gasteiger charge is -2.11. The van der Waals surface area contributed by atoms with Gasteiger partial charge in [-0.25, -0.2) is 8.78 Å². The zero-order valence-electron chi connectivity index (χ0n) is 7.29. The van der Waals surface area contributed by atoms with Gasteiger partial charge < -0.3 is 5.73 Å². The second-order valence-corrected chi connectivity index (χ2v) is 4.03. The minimum absolute atomic E-state index is 0. The highest BCUT2D eigenvalue weighted by molar-refractivity contribution is 14.1. The summed E-state index contributed by atoms with van der Waals surface area (Å²) in [5.41, 5.74) is 6.35. The number of alkyl halides is 2. The maximum Gasteiger partial charge on any atom is 0.240 e. The molecule has 0 saturated carbocycles. The van der Waals surface area contributed by atoms with E-state index in [0.717, 1.165) is 9.13 Å². The van der Waals surface area contributed by atoms with E-state index in [0.29, 0.717) is 0 Å². The summed E-state index contributed by atoms with van der Waals surface area (Å²) in [4.78, 5) is 0. The highest BCUT2D eigenvalue weighted by Gasteiger charge is 2.12. The van der Waals surface area contributed by atoms with E-state index in [1.165, 1.54) is 0 Å². The molecule has 0 aliphatic carbocycles. The third-order valence-corrected chi connectivity index (χ3v) is 2.38. The number of rotatable bonds is 3. The molecule has 1 rings (SSSR count). The average molecular weight is 334 g/mol. The van der Waals surface area contributed by atoms with E-state index in [9.17, 15) is 8.78 Å². The lowest BCUT2D eigenvalue weighted by atomic mass is 10.1. The summed E-state index contributed by atoms with van der Waals surface area (Å²) in [6, 6.07) is 6.76. The molecule has 0 saturated heterocycles. The first-order valence-electron chi connectivity index (χ1n) is 3.89. The Hall–Kier alpha value is 0.0600. The molecule has 0 radical (unpaired) electrons. The van der Waals surface area contributed by atoms with Gasteiger partial charge in [0.25, 0.3) is 0 Å². The van der Waals surface area contributed by atoms with Crippen molar-refractivity contribution in [2.45, 2.75) is 18.9 Å². The van der Waals surface area contributed by atoms with Crippen LogP contribution in [-0.4, -0.2) is 6.43 Å². The number of halogens is 4. The summed E-state index contributed by atoms with van der Waals surface area (Å²) in [6.07, 6.45) is -2.62. The predicted molar refractivity (Wildman–Crippen MR) is 64.0 cm³/mol. The van der Waals surface area contributed by atoms with E-state index in [1.54, 1.807) is 6.07 Å². The van der Waals surface area contributed by atoms with Crippen molar-refractivity contribution in [1.82, 2.24) is 0 Å². The van der Waals surface area contributed by atoms with E-state index < -0.39 is 12.5 Å². The second-order valence-electron chi connectivity index (χ2n) is 2.79. The Morgan fingerprint density at radius 2 is 2.00 bits per heavy atom. The molecule has 1 atom stereocenters. The van der Waals surface area contributed by atoms with E-state index in [2.05, 4.69) is 22.6 Å². The number of nitrogens with two attached hydrogens (primary N) is 1. The van der Waals surface area contributed by atoms with Crippen molar-refractivity contribution in [1.29, 1.82) is 0 Å². The van der Waals surface area contributed by atoms with Gasteiger partial charge in [-0.15, -0.1) is 12.4 Å². The summed E-state index contributed by atoms with van der Waals surface area (Å²) in [7, 11) is 0. The van der Waals surface area contributed by atoms with Crippen LogP contribution < -0.4 is 5.73 Å². The molecule has 1 aromatic rings. The monoisotopic (exact) mass is 333 g/mol. The van der Waals surface area contributed by atoms with E-state index >= 15 is 0 Å². The summed E-state index contributed by atoms with van der Waals surface area (Å²) < 4.78 is 25.0. The van der Waals surface area contributed by atoms with Crippen LogP contribution in [0.5, 0.6) is 0 Å². The fraction of sp³-hybridized carbons (Fsp3) is 0.333. The topological polar surface area (TPSA) is 26.0 Å². The number of benzene rings is 1. The molecule has 5 heteroatoms. The van der Waals surface area contributed by atoms with E-state index in [4.69, 9.17) is 5.73 Å². The fourth-order valence-corrected chi connectivity index (χ4v) is 1.63. The van der Waals surface area contributed by atoms with Crippen molar-refractivity contribution >= 4 is 35.0 Å². The molecule has 0 amide bonds. The molecule has 0 spiro atoms. The Labute approximate surface area is 102 Å². The highest BCUT2D eigenvalue weighted by atomic mass is 127. The average Bonchev–Trinajstić information content (AvgIpc) is 2.03. The van der Waals surface area contributed by atoms with Gasteiger partial charge in [0.2, 0.25) is 6.43 Å². The lowest BCUT2D eigenvalue weighted by Crippen LogP contribution is -2.13. The van der Waals surface area contributed by atoms with Crippen LogP contribution in [0.3, 0.4) is 0 Å². The smallest absolute Gasteiger partial charge is 0.240 e. The van der Waals surface area contributed by atoms with E-state index in [1.807, 2.05) is 18.2 Å². The Kier molecular flexibility index (Phi) is 6.55. The Bertz CT molecular complexity index is 283. The van der Waals surface area contributed by atoms with Crippen molar-refractivity contribution in [2.24, 2.45) is 5.73 Å². The van der Waals surface area contributed by atoms with E-state index in [-0.39, 0.29) is 18.8 Å². The van der Waals surface area contributed by atoms with Crippen LogP contribution in [0.4, 0.5) is 8.78 Å². The van der Waals surface area contributed by atoms with Crippen LogP contribution in [0.1, 0.15) is 18.0 Å². The van der Waals surface area contributed by atoms with Crippen LogP contribution in [0.2, 0.25) is 0 Å². The minimum Gasteiger partial charge on any atom is -0.324 e. The van der Waals surface area contributed by atoms with Gasteiger partial charge in [-0.3, -0.25) is 0 Å². The maximum absolute atomic E-state index is 12.0. The second kappa shape index (κ2) is 6.53. The number of hydrogen-bond acceptors (Lipinski definition) is 1. The SMILES string of the molecule is Cl.N[C@@H](CC(F)F)c1cccc(I)c1. The molecular weight excluding hydrogens is 322 g/mol. The number of hydrogen-bond donors (Lipinski definition) is 1. The first-order valence-corrected chi connectivity index (χ1v) is 4.96. The molecule has 0 heterocycles. The normalized spacial score (nSPS) is 12.4. The van der Waals surface area contributed by atoms with Gasteiger partial charge >= 0.3 is 0 Å². The highest BCUT2D eigenvalue weighted by Crippen LogP contribution is 2.19. The van der Waals surface area contributed by atoms with Gasteiger partial charge in [0, 0.05) is 16.0 Å². The largest absolute Gasteiger partial charge is 0.324 e. The zero-order chi connectivity index (χ0) is 9.84. The minimum atomic E-state index is -2.34. The quantitative estimate of drug-likeness (QED) is 0.843. The molecule has 1 nitrogen and oxygen atoms in total. The van der Waals surface area contributed by atoms with Gasteiger partial charge in [-0.2, -0.15) is 0 Å². The van der Waals surface area contributed by atoms with Gasteiger partial charge in [-0.1, -0.05) is 12.1 Å². The van der Waals surface area contributed by atoms with Gasteiger partial charge in [0.1, 0.15) is 0 Å². The third-order valence-electron chi connectivity index (χ3n) is 1.71. The van der Waals surface area contributed by atoms with Gasteiger partial charge in [0.05, 0.1) is 0 Å². The molecule has 14 heavy (non-hydrogen) atoms. The third kappa shape index (κ3) is 4.52. The first kappa shape index (κ1) is 14.1. The van der Waals surface area contributed by atoms with Crippen LogP contribution in [-0.2, 0) is 0 Å². The van der Waals surface area contributed by atoms with Crippen molar-refractivity contribution in [2.75, 3.05) is 0 Å². The molecule has 0 aromatic heterocycles. The Balaban J connectivity index is 0.00000169. The molecular formula is C9H11ClF2IN. The lowest BCUT2D eigenvalue weighted by molar-refractivity contribution is 0.128. The summed E-state index contributed by atoms with van der Waals surface area (Å²) in [5, 5.41) is 0. The molecule has 0 aliphatic rings. The standard InChI is InChI=1S/C9H10F2IN.ClH/c10-9(11)5-8(13)6-2-1-3-7(12)4-6;/h1-4,8-9H,5,13H2;1H/t8-;/m0./s1. The van der Waals surface area contributed by atoms with Gasteiger partial charge in [0.15, 0.2) is 0 Å². The summed E-state index contributed by atoms with van der Waals surface area (Å²) >= 11 is 2.13. The fourth-order valence-electron chi connectivity index (χ4n) is 1.07. The van der Waals surface area contributed by atoms with Crippen molar-refractivity contribution in [3.05, 3.63) is 33.4 Å². The molecule has 80 valence electrons. The molecule has 0 fully saturated rings. The summed E-state index contributed by atoms with van der Waals surface area (Å²) in [5.74, 6) is 0. The first-order chi connectivity index (χ1) is 6.09. The Morgan fingerprint density at radius 3 is 2.50 bits per heavy atom. The Morgan fingerprint density at radius 1 is 1.36 bits per heavy atom. The molecule has 2 N–H and O–H groups in total. The predicted octanol–water partition coefficient (Wildman–Crippen LogP) is 3.37. The van der Waals surface area contributed by atoms with Crippen LogP contribution >= 0.6 is 35.0 Å². The molecule has 0 unspecified atom stereocenters. The summed E-state index contributed by atoms with van der Waals surface area (Å²) in [6.45, 7) is 0. The molecule has 0 bridgehead atoms. The maximum atomic E-state index is 12.0. The van der Waals surface area contributed by atoms with Crippen LogP contribution in [0.25, 0.3) is 0 Å². The van der Waals surface area contributed by atoms with Gasteiger partial charge in [-0.05, 0) is 40.3 Å². The zero-order valence-corrected chi connectivity index (χ0v) is 10.3. The van der Waals surface area contributed by atoms with Crippen molar-refractivity contribution in [3.8, 4) is 0 Å². The van der Waals surface area contributed by atoms with Crippen molar-refractivity contribution < 1.29 is 8.78 Å². The van der Waals surface area contributed by atoms with Crippen LogP contribution in [0, 0.1) is 3.57 Å². The van der Waals surface area contributed by atoms with Crippen molar-refractivity contribution in [3.63, 3.8) is 0 Å². The molecule has 1 aromatic carbocycles.